The molecule has 0 aliphatic rings. The molecule has 1 amide bonds. The van der Waals surface area contributed by atoms with Crippen molar-refractivity contribution in [2.24, 2.45) is 5.92 Å². The molecule has 0 aliphatic carbocycles. The topological polar surface area (TPSA) is 50.4 Å². The Kier molecular flexibility index (Phi) is 7.09. The lowest BCUT2D eigenvalue weighted by Crippen LogP contribution is -2.30. The number of nitrogens with one attached hydrogen (secondary N) is 2. The maximum atomic E-state index is 11.6. The van der Waals surface area contributed by atoms with Crippen LogP contribution in [0.2, 0.25) is 0 Å². The summed E-state index contributed by atoms with van der Waals surface area (Å²) in [7, 11) is 1.92. The summed E-state index contributed by atoms with van der Waals surface area (Å²) >= 11 is 0. The first-order valence-corrected chi connectivity index (χ1v) is 7.19. The van der Waals surface area contributed by atoms with E-state index in [1.807, 2.05) is 31.3 Å². The Balaban J connectivity index is 2.39. The molecule has 0 saturated carbocycles. The van der Waals surface area contributed by atoms with E-state index in [9.17, 15) is 4.79 Å². The fourth-order valence-corrected chi connectivity index (χ4v) is 1.74. The van der Waals surface area contributed by atoms with Crippen molar-refractivity contribution in [2.45, 2.75) is 33.2 Å². The van der Waals surface area contributed by atoms with Gasteiger partial charge >= 0.3 is 0 Å². The standard InChI is InChI=1S/C16H26N2O2/c1-12(2)8-9-18-16(19)11-20-15-7-5-6-14(10-15)13(3)17-4/h5-7,10,12-13,17H,8-9,11H2,1-4H3,(H,18,19). The van der Waals surface area contributed by atoms with Crippen LogP contribution in [0.1, 0.15) is 38.8 Å². The first kappa shape index (κ1) is 16.5. The molecule has 112 valence electrons. The lowest BCUT2D eigenvalue weighted by Gasteiger charge is -2.13. The number of rotatable bonds is 8. The van der Waals surface area contributed by atoms with Gasteiger partial charge in [-0.3, -0.25) is 4.79 Å². The Morgan fingerprint density at radius 2 is 2.05 bits per heavy atom. The van der Waals surface area contributed by atoms with Gasteiger partial charge in [0.25, 0.3) is 5.91 Å². The minimum atomic E-state index is -0.0716. The fourth-order valence-electron chi connectivity index (χ4n) is 1.74. The van der Waals surface area contributed by atoms with Crippen LogP contribution < -0.4 is 15.4 Å². The van der Waals surface area contributed by atoms with Crippen LogP contribution in [0.5, 0.6) is 5.75 Å². The largest absolute Gasteiger partial charge is 0.484 e. The quantitative estimate of drug-likeness (QED) is 0.768. The van der Waals surface area contributed by atoms with E-state index in [1.54, 1.807) is 0 Å². The van der Waals surface area contributed by atoms with E-state index in [1.165, 1.54) is 0 Å². The minimum Gasteiger partial charge on any atom is -0.484 e. The second kappa shape index (κ2) is 8.59. The van der Waals surface area contributed by atoms with Crippen molar-refractivity contribution in [3.63, 3.8) is 0 Å². The molecule has 1 unspecified atom stereocenters. The van der Waals surface area contributed by atoms with Crippen LogP contribution in [0.3, 0.4) is 0 Å². The van der Waals surface area contributed by atoms with Crippen molar-refractivity contribution in [3.8, 4) is 5.75 Å². The van der Waals surface area contributed by atoms with Gasteiger partial charge in [0.15, 0.2) is 6.61 Å². The highest BCUT2D eigenvalue weighted by molar-refractivity contribution is 5.77. The fraction of sp³-hybridized carbons (Fsp3) is 0.562. The predicted octanol–water partition coefficient (Wildman–Crippen LogP) is 2.51. The summed E-state index contributed by atoms with van der Waals surface area (Å²) in [6.07, 6.45) is 0.987. The van der Waals surface area contributed by atoms with Gasteiger partial charge in [-0.1, -0.05) is 26.0 Å². The van der Waals surface area contributed by atoms with E-state index >= 15 is 0 Å². The van der Waals surface area contributed by atoms with Gasteiger partial charge in [0.05, 0.1) is 0 Å². The average Bonchev–Trinajstić information content (AvgIpc) is 2.44. The van der Waals surface area contributed by atoms with Crippen LogP contribution in [-0.4, -0.2) is 26.1 Å². The molecule has 0 saturated heterocycles. The van der Waals surface area contributed by atoms with Gasteiger partial charge in [0, 0.05) is 12.6 Å². The molecule has 0 aliphatic heterocycles. The number of carbonyl (C=O) groups excluding carboxylic acids is 1. The third-order valence-electron chi connectivity index (χ3n) is 3.20. The lowest BCUT2D eigenvalue weighted by molar-refractivity contribution is -0.123. The van der Waals surface area contributed by atoms with Gasteiger partial charge in [-0.15, -0.1) is 0 Å². The maximum absolute atomic E-state index is 11.6. The molecule has 1 atom stereocenters. The van der Waals surface area contributed by atoms with Crippen LogP contribution in [0.15, 0.2) is 24.3 Å². The number of carbonyl (C=O) groups is 1. The van der Waals surface area contributed by atoms with Crippen molar-refractivity contribution in [1.82, 2.24) is 10.6 Å². The number of hydrogen-bond donors (Lipinski definition) is 2. The molecule has 0 heterocycles. The Bertz CT molecular complexity index is 419. The molecule has 0 spiro atoms. The molecule has 0 radical (unpaired) electrons. The van der Waals surface area contributed by atoms with Gasteiger partial charge in [-0.25, -0.2) is 0 Å². The molecular weight excluding hydrogens is 252 g/mol. The molecular formula is C16H26N2O2. The zero-order chi connectivity index (χ0) is 15.0. The zero-order valence-electron chi connectivity index (χ0n) is 12.9. The summed E-state index contributed by atoms with van der Waals surface area (Å²) in [5.74, 6) is 1.25. The third kappa shape index (κ3) is 6.06. The average molecular weight is 278 g/mol. The highest BCUT2D eigenvalue weighted by Gasteiger charge is 2.06. The Labute approximate surface area is 121 Å². The Morgan fingerprint density at radius 3 is 2.70 bits per heavy atom. The summed E-state index contributed by atoms with van der Waals surface area (Å²) in [6.45, 7) is 7.12. The predicted molar refractivity (Wildman–Crippen MR) is 81.9 cm³/mol. The van der Waals surface area contributed by atoms with Crippen molar-refractivity contribution in [1.29, 1.82) is 0 Å². The van der Waals surface area contributed by atoms with Crippen LogP contribution in [-0.2, 0) is 4.79 Å². The highest BCUT2D eigenvalue weighted by Crippen LogP contribution is 2.18. The Hall–Kier alpha value is -1.55. The SMILES string of the molecule is CNC(C)c1cccc(OCC(=O)NCCC(C)C)c1. The molecule has 1 aromatic rings. The molecule has 0 aromatic heterocycles. The summed E-state index contributed by atoms with van der Waals surface area (Å²) in [5.41, 5.74) is 1.14. The van der Waals surface area contributed by atoms with E-state index in [2.05, 4.69) is 31.4 Å². The summed E-state index contributed by atoms with van der Waals surface area (Å²) < 4.78 is 5.52. The monoisotopic (exact) mass is 278 g/mol. The van der Waals surface area contributed by atoms with E-state index in [-0.39, 0.29) is 18.6 Å². The Morgan fingerprint density at radius 1 is 1.30 bits per heavy atom. The first-order chi connectivity index (χ1) is 9.52. The highest BCUT2D eigenvalue weighted by atomic mass is 16.5. The molecule has 1 aromatic carbocycles. The smallest absolute Gasteiger partial charge is 0.257 e. The maximum Gasteiger partial charge on any atom is 0.257 e. The molecule has 20 heavy (non-hydrogen) atoms. The van der Waals surface area contributed by atoms with E-state index < -0.39 is 0 Å². The van der Waals surface area contributed by atoms with Gasteiger partial charge in [-0.2, -0.15) is 0 Å². The first-order valence-electron chi connectivity index (χ1n) is 7.19. The third-order valence-corrected chi connectivity index (χ3v) is 3.20. The van der Waals surface area contributed by atoms with Crippen LogP contribution in [0, 0.1) is 5.92 Å². The number of benzene rings is 1. The molecule has 1 rings (SSSR count). The van der Waals surface area contributed by atoms with Gasteiger partial charge in [-0.05, 0) is 44.0 Å². The van der Waals surface area contributed by atoms with E-state index in [0.717, 1.165) is 17.7 Å². The number of ether oxygens (including phenoxy) is 1. The summed E-state index contributed by atoms with van der Waals surface area (Å²) in [5, 5.41) is 6.03. The molecule has 0 fully saturated rings. The number of hydrogen-bond acceptors (Lipinski definition) is 3. The minimum absolute atomic E-state index is 0.0650. The second-order valence-corrected chi connectivity index (χ2v) is 5.40. The molecule has 0 bridgehead atoms. The van der Waals surface area contributed by atoms with Crippen LogP contribution in [0.4, 0.5) is 0 Å². The van der Waals surface area contributed by atoms with Crippen molar-refractivity contribution < 1.29 is 9.53 Å². The van der Waals surface area contributed by atoms with Crippen LogP contribution in [0.25, 0.3) is 0 Å². The van der Waals surface area contributed by atoms with Gasteiger partial charge in [0.2, 0.25) is 0 Å². The van der Waals surface area contributed by atoms with E-state index in [0.29, 0.717) is 12.5 Å². The summed E-state index contributed by atoms with van der Waals surface area (Å²) in [6, 6.07) is 8.07. The molecule has 2 N–H and O–H groups in total. The second-order valence-electron chi connectivity index (χ2n) is 5.40. The molecule has 4 nitrogen and oxygen atoms in total. The number of amides is 1. The summed E-state index contributed by atoms with van der Waals surface area (Å²) in [4.78, 5) is 11.6. The molecule has 4 heteroatoms. The van der Waals surface area contributed by atoms with Crippen molar-refractivity contribution in [3.05, 3.63) is 29.8 Å². The zero-order valence-corrected chi connectivity index (χ0v) is 12.9. The van der Waals surface area contributed by atoms with E-state index in [4.69, 9.17) is 4.74 Å². The lowest BCUT2D eigenvalue weighted by atomic mass is 10.1. The van der Waals surface area contributed by atoms with Crippen molar-refractivity contribution >= 4 is 5.91 Å². The van der Waals surface area contributed by atoms with Gasteiger partial charge in [0.1, 0.15) is 5.75 Å². The van der Waals surface area contributed by atoms with Gasteiger partial charge < -0.3 is 15.4 Å². The van der Waals surface area contributed by atoms with Crippen LogP contribution >= 0.6 is 0 Å². The van der Waals surface area contributed by atoms with Crippen molar-refractivity contribution in [2.75, 3.05) is 20.2 Å². The normalized spacial score (nSPS) is 12.2.